The van der Waals surface area contributed by atoms with E-state index in [1.807, 2.05) is 12.1 Å². The molecule has 1 aromatic heterocycles. The number of amides is 1. The quantitative estimate of drug-likeness (QED) is 0.677. The number of halogens is 2. The van der Waals surface area contributed by atoms with Gasteiger partial charge in [-0.3, -0.25) is 9.89 Å². The smallest absolute Gasteiger partial charge is 0.387 e. The van der Waals surface area contributed by atoms with Gasteiger partial charge in [-0.1, -0.05) is 6.07 Å². The first-order chi connectivity index (χ1) is 13.0. The lowest BCUT2D eigenvalue weighted by molar-refractivity contribution is -0.0493. The molecule has 140 valence electrons. The highest BCUT2D eigenvalue weighted by Gasteiger charge is 2.16. The van der Waals surface area contributed by atoms with E-state index >= 15 is 0 Å². The number of H-pyrrole nitrogens is 1. The molecule has 1 amide bonds. The van der Waals surface area contributed by atoms with Crippen molar-refractivity contribution >= 4 is 11.6 Å². The number of rotatable bonds is 6. The van der Waals surface area contributed by atoms with Crippen LogP contribution < -0.4 is 14.8 Å². The van der Waals surface area contributed by atoms with E-state index in [0.717, 1.165) is 11.1 Å². The number of ether oxygens (including phenoxy) is 2. The summed E-state index contributed by atoms with van der Waals surface area (Å²) in [6, 6.07) is 13.3. The molecule has 2 aromatic carbocycles. The summed E-state index contributed by atoms with van der Waals surface area (Å²) < 4.78 is 34.6. The monoisotopic (exact) mass is 373 g/mol. The summed E-state index contributed by atoms with van der Waals surface area (Å²) in [5.41, 5.74) is 2.49. The maximum Gasteiger partial charge on any atom is 0.387 e. The van der Waals surface area contributed by atoms with Crippen LogP contribution in [-0.2, 0) is 0 Å². The molecule has 0 bridgehead atoms. The maximum absolute atomic E-state index is 12.5. The third-order valence-electron chi connectivity index (χ3n) is 3.81. The van der Waals surface area contributed by atoms with Crippen LogP contribution in [0.4, 0.5) is 14.5 Å². The molecule has 2 N–H and O–H groups in total. The zero-order valence-electron chi connectivity index (χ0n) is 14.6. The molecular formula is C19H17F2N3O3. The summed E-state index contributed by atoms with van der Waals surface area (Å²) >= 11 is 0. The van der Waals surface area contributed by atoms with E-state index < -0.39 is 12.5 Å². The van der Waals surface area contributed by atoms with Gasteiger partial charge in [-0.25, -0.2) is 0 Å². The Bertz CT molecular complexity index is 940. The van der Waals surface area contributed by atoms with Crippen molar-refractivity contribution in [2.45, 2.75) is 13.5 Å². The first-order valence-electron chi connectivity index (χ1n) is 8.03. The molecule has 3 aromatic rings. The zero-order valence-corrected chi connectivity index (χ0v) is 14.6. The second-order valence-corrected chi connectivity index (χ2v) is 5.73. The molecular weight excluding hydrogens is 356 g/mol. The number of aromatic nitrogens is 2. The number of anilines is 1. The second-order valence-electron chi connectivity index (χ2n) is 5.73. The fraction of sp³-hybridized carbons (Fsp3) is 0.158. The van der Waals surface area contributed by atoms with Crippen LogP contribution >= 0.6 is 0 Å². The van der Waals surface area contributed by atoms with Crippen LogP contribution in [0.3, 0.4) is 0 Å². The fourth-order valence-corrected chi connectivity index (χ4v) is 2.48. The molecule has 0 fully saturated rings. The molecule has 6 nitrogen and oxygen atoms in total. The summed E-state index contributed by atoms with van der Waals surface area (Å²) in [4.78, 5) is 12.5. The third kappa shape index (κ3) is 4.41. The van der Waals surface area contributed by atoms with Crippen LogP contribution in [0.5, 0.6) is 11.5 Å². The molecule has 8 heteroatoms. The van der Waals surface area contributed by atoms with Gasteiger partial charge in [-0.15, -0.1) is 0 Å². The normalized spacial score (nSPS) is 10.7. The predicted octanol–water partition coefficient (Wildman–Crippen LogP) is 4.25. The molecule has 0 atom stereocenters. The SMILES string of the molecule is COc1ccc(-c2cc(C(=O)Nc3cc(C)ccc3OC(F)F)[nH]n2)cc1. The summed E-state index contributed by atoms with van der Waals surface area (Å²) in [5.74, 6) is 0.0732. The molecule has 0 aliphatic carbocycles. The van der Waals surface area contributed by atoms with Crippen molar-refractivity contribution in [1.82, 2.24) is 10.2 Å². The minimum absolute atomic E-state index is 0.112. The average molecular weight is 373 g/mol. The van der Waals surface area contributed by atoms with E-state index in [1.54, 1.807) is 44.4 Å². The minimum Gasteiger partial charge on any atom is -0.497 e. The van der Waals surface area contributed by atoms with E-state index in [0.29, 0.717) is 11.4 Å². The minimum atomic E-state index is -2.99. The molecule has 1 heterocycles. The highest BCUT2D eigenvalue weighted by molar-refractivity contribution is 6.04. The molecule has 0 saturated carbocycles. The van der Waals surface area contributed by atoms with Gasteiger partial charge in [-0.05, 0) is 55.0 Å². The van der Waals surface area contributed by atoms with Crippen molar-refractivity contribution in [3.05, 3.63) is 59.8 Å². The first kappa shape index (κ1) is 18.4. The molecule has 0 aliphatic rings. The summed E-state index contributed by atoms with van der Waals surface area (Å²) in [6.45, 7) is -1.21. The summed E-state index contributed by atoms with van der Waals surface area (Å²) in [5, 5.41) is 9.33. The number of methoxy groups -OCH3 is 1. The van der Waals surface area contributed by atoms with E-state index in [4.69, 9.17) is 4.74 Å². The highest BCUT2D eigenvalue weighted by Crippen LogP contribution is 2.28. The third-order valence-corrected chi connectivity index (χ3v) is 3.81. The number of nitrogens with one attached hydrogen (secondary N) is 2. The lowest BCUT2D eigenvalue weighted by atomic mass is 10.1. The van der Waals surface area contributed by atoms with Gasteiger partial charge in [0.1, 0.15) is 17.2 Å². The highest BCUT2D eigenvalue weighted by atomic mass is 19.3. The Morgan fingerprint density at radius 2 is 1.89 bits per heavy atom. The number of aryl methyl sites for hydroxylation is 1. The number of hydrogen-bond acceptors (Lipinski definition) is 4. The van der Waals surface area contributed by atoms with Crippen molar-refractivity contribution in [3.8, 4) is 22.8 Å². The number of carbonyl (C=O) groups is 1. The van der Waals surface area contributed by atoms with Crippen LogP contribution in [0.25, 0.3) is 11.3 Å². The number of benzene rings is 2. The van der Waals surface area contributed by atoms with E-state index in [-0.39, 0.29) is 17.1 Å². The topological polar surface area (TPSA) is 76.2 Å². The molecule has 0 spiro atoms. The van der Waals surface area contributed by atoms with Gasteiger partial charge in [0.05, 0.1) is 18.5 Å². The summed E-state index contributed by atoms with van der Waals surface area (Å²) in [6.07, 6.45) is 0. The molecule has 0 unspecified atom stereocenters. The number of aromatic amines is 1. The van der Waals surface area contributed by atoms with Gasteiger partial charge in [0.15, 0.2) is 0 Å². The molecule has 0 aliphatic heterocycles. The van der Waals surface area contributed by atoms with Crippen molar-refractivity contribution in [1.29, 1.82) is 0 Å². The van der Waals surface area contributed by atoms with Gasteiger partial charge >= 0.3 is 6.61 Å². The van der Waals surface area contributed by atoms with Crippen LogP contribution in [0, 0.1) is 6.92 Å². The van der Waals surface area contributed by atoms with E-state index in [9.17, 15) is 13.6 Å². The predicted molar refractivity (Wildman–Crippen MR) is 96.3 cm³/mol. The van der Waals surface area contributed by atoms with Crippen molar-refractivity contribution in [3.63, 3.8) is 0 Å². The lowest BCUT2D eigenvalue weighted by Gasteiger charge is -2.12. The van der Waals surface area contributed by atoms with E-state index in [2.05, 4.69) is 20.3 Å². The average Bonchev–Trinajstić information content (AvgIpc) is 3.14. The number of alkyl halides is 2. The Labute approximate surface area is 154 Å². The zero-order chi connectivity index (χ0) is 19.4. The number of hydrogen-bond donors (Lipinski definition) is 2. The van der Waals surface area contributed by atoms with Crippen molar-refractivity contribution in [2.75, 3.05) is 12.4 Å². The largest absolute Gasteiger partial charge is 0.497 e. The van der Waals surface area contributed by atoms with Crippen LogP contribution in [0.15, 0.2) is 48.5 Å². The first-order valence-corrected chi connectivity index (χ1v) is 8.03. The van der Waals surface area contributed by atoms with Crippen molar-refractivity contribution < 1.29 is 23.0 Å². The van der Waals surface area contributed by atoms with Gasteiger partial charge < -0.3 is 14.8 Å². The number of carbonyl (C=O) groups excluding carboxylic acids is 1. The van der Waals surface area contributed by atoms with Crippen LogP contribution in [0.2, 0.25) is 0 Å². The van der Waals surface area contributed by atoms with Gasteiger partial charge in [0.25, 0.3) is 5.91 Å². The van der Waals surface area contributed by atoms with Crippen LogP contribution in [-0.4, -0.2) is 29.8 Å². The Morgan fingerprint density at radius 1 is 1.15 bits per heavy atom. The molecule has 0 radical (unpaired) electrons. The van der Waals surface area contributed by atoms with Gasteiger partial charge in [-0.2, -0.15) is 13.9 Å². The Balaban J connectivity index is 1.79. The van der Waals surface area contributed by atoms with Crippen LogP contribution in [0.1, 0.15) is 16.1 Å². The van der Waals surface area contributed by atoms with E-state index in [1.165, 1.54) is 6.07 Å². The molecule has 0 saturated heterocycles. The standard InChI is InChI=1S/C19H17F2N3O3/c1-11-3-8-17(27-19(20)21)15(9-11)22-18(25)16-10-14(23-24-16)12-4-6-13(26-2)7-5-12/h3-10,19H,1-2H3,(H,22,25)(H,23,24). The molecule has 27 heavy (non-hydrogen) atoms. The summed E-state index contributed by atoms with van der Waals surface area (Å²) in [7, 11) is 1.57. The Morgan fingerprint density at radius 3 is 2.56 bits per heavy atom. The molecule has 3 rings (SSSR count). The Kier molecular flexibility index (Phi) is 5.35. The lowest BCUT2D eigenvalue weighted by Crippen LogP contribution is -2.14. The fourth-order valence-electron chi connectivity index (χ4n) is 2.48. The second kappa shape index (κ2) is 7.86. The Hall–Kier alpha value is -3.42. The number of nitrogens with zero attached hydrogens (tertiary/aromatic N) is 1. The van der Waals surface area contributed by atoms with Gasteiger partial charge in [0.2, 0.25) is 0 Å². The van der Waals surface area contributed by atoms with Gasteiger partial charge in [0, 0.05) is 5.56 Å². The van der Waals surface area contributed by atoms with Crippen molar-refractivity contribution in [2.24, 2.45) is 0 Å². The maximum atomic E-state index is 12.5.